The quantitative estimate of drug-likeness (QED) is 0.759. The summed E-state index contributed by atoms with van der Waals surface area (Å²) in [5.74, 6) is 0.748. The Balaban J connectivity index is 1.74. The summed E-state index contributed by atoms with van der Waals surface area (Å²) in [4.78, 5) is 2.18. The zero-order valence-electron chi connectivity index (χ0n) is 12.0. The molecule has 0 radical (unpaired) electrons. The van der Waals surface area contributed by atoms with Gasteiger partial charge in [-0.05, 0) is 42.2 Å². The number of benzene rings is 1. The van der Waals surface area contributed by atoms with Crippen molar-refractivity contribution in [2.75, 3.05) is 26.0 Å². The van der Waals surface area contributed by atoms with Crippen LogP contribution < -0.4 is 5.32 Å². The first kappa shape index (κ1) is 13.4. The first-order chi connectivity index (χ1) is 10.2. The van der Waals surface area contributed by atoms with Gasteiger partial charge in [-0.15, -0.1) is 14.8 Å². The van der Waals surface area contributed by atoms with E-state index >= 15 is 0 Å². The van der Waals surface area contributed by atoms with E-state index in [1.807, 2.05) is 18.2 Å². The molecule has 2 aromatic heterocycles. The van der Waals surface area contributed by atoms with Crippen LogP contribution in [-0.2, 0) is 0 Å². The van der Waals surface area contributed by atoms with Gasteiger partial charge in [-0.3, -0.25) is 0 Å². The number of likely N-dealkylation sites (N-methyl/N-ethyl adjacent to an activating group) is 1. The van der Waals surface area contributed by atoms with Gasteiger partial charge in [0.2, 0.25) is 0 Å². The third-order valence-electron chi connectivity index (χ3n) is 3.35. The molecule has 108 valence electrons. The lowest BCUT2D eigenvalue weighted by atomic mass is 10.1. The van der Waals surface area contributed by atoms with E-state index in [1.54, 1.807) is 0 Å². The summed E-state index contributed by atoms with van der Waals surface area (Å²) < 4.78 is 1.41. The normalized spacial score (nSPS) is 12.7. The van der Waals surface area contributed by atoms with Gasteiger partial charge < -0.3 is 10.2 Å². The maximum absolute atomic E-state index is 4.31. The van der Waals surface area contributed by atoms with Crippen LogP contribution >= 0.6 is 0 Å². The number of rotatable bonds is 5. The first-order valence-corrected chi connectivity index (χ1v) is 6.75. The Hall–Kier alpha value is -2.54. The lowest BCUT2D eigenvalue weighted by Gasteiger charge is -2.25. The molecule has 0 fully saturated rings. The Morgan fingerprint density at radius 2 is 1.95 bits per heavy atom. The smallest absolute Gasteiger partial charge is 0.200 e. The SMILES string of the molecule is CN(C)[C@H](CNc1ccc2nnnn2n1)c1ccccc1. The molecule has 1 N–H and O–H groups in total. The number of nitrogens with zero attached hydrogens (tertiary/aromatic N) is 6. The fourth-order valence-electron chi connectivity index (χ4n) is 2.22. The molecule has 1 aromatic carbocycles. The van der Waals surface area contributed by atoms with E-state index in [9.17, 15) is 0 Å². The molecule has 0 unspecified atom stereocenters. The molecular formula is C14H17N7. The van der Waals surface area contributed by atoms with Crippen molar-refractivity contribution < 1.29 is 0 Å². The zero-order chi connectivity index (χ0) is 14.7. The van der Waals surface area contributed by atoms with Gasteiger partial charge in [0, 0.05) is 6.54 Å². The highest BCUT2D eigenvalue weighted by molar-refractivity contribution is 5.42. The lowest BCUT2D eigenvalue weighted by molar-refractivity contribution is 0.311. The number of aromatic nitrogens is 5. The van der Waals surface area contributed by atoms with Crippen LogP contribution in [0.5, 0.6) is 0 Å². The highest BCUT2D eigenvalue weighted by Gasteiger charge is 2.13. The summed E-state index contributed by atoms with van der Waals surface area (Å²) in [6.07, 6.45) is 0. The topological polar surface area (TPSA) is 71.2 Å². The summed E-state index contributed by atoms with van der Waals surface area (Å²) >= 11 is 0. The van der Waals surface area contributed by atoms with E-state index in [4.69, 9.17) is 0 Å². The lowest BCUT2D eigenvalue weighted by Crippen LogP contribution is -2.27. The molecule has 0 saturated carbocycles. The molecule has 0 aliphatic heterocycles. The van der Waals surface area contributed by atoms with Crippen molar-refractivity contribution in [1.29, 1.82) is 0 Å². The minimum atomic E-state index is 0.262. The summed E-state index contributed by atoms with van der Waals surface area (Å²) in [6.45, 7) is 0.748. The van der Waals surface area contributed by atoms with Crippen molar-refractivity contribution in [2.24, 2.45) is 0 Å². The van der Waals surface area contributed by atoms with Crippen molar-refractivity contribution in [3.8, 4) is 0 Å². The molecule has 21 heavy (non-hydrogen) atoms. The van der Waals surface area contributed by atoms with Crippen molar-refractivity contribution in [3.63, 3.8) is 0 Å². The van der Waals surface area contributed by atoms with Crippen LogP contribution in [0.1, 0.15) is 11.6 Å². The zero-order valence-corrected chi connectivity index (χ0v) is 12.0. The summed E-state index contributed by atoms with van der Waals surface area (Å²) in [5, 5.41) is 18.9. The fraction of sp³-hybridized carbons (Fsp3) is 0.286. The van der Waals surface area contributed by atoms with Crippen LogP contribution in [-0.4, -0.2) is 50.8 Å². The third-order valence-corrected chi connectivity index (χ3v) is 3.35. The van der Waals surface area contributed by atoms with Crippen molar-refractivity contribution >= 4 is 11.5 Å². The Morgan fingerprint density at radius 1 is 1.14 bits per heavy atom. The Morgan fingerprint density at radius 3 is 2.71 bits per heavy atom. The molecule has 1 atom stereocenters. The van der Waals surface area contributed by atoms with Gasteiger partial charge in [0.25, 0.3) is 0 Å². The number of nitrogens with one attached hydrogen (secondary N) is 1. The van der Waals surface area contributed by atoms with Gasteiger partial charge in [0.05, 0.1) is 6.04 Å². The van der Waals surface area contributed by atoms with Gasteiger partial charge in [0.15, 0.2) is 5.65 Å². The number of tetrazole rings is 1. The maximum Gasteiger partial charge on any atom is 0.200 e. The van der Waals surface area contributed by atoms with Crippen LogP contribution in [0, 0.1) is 0 Å². The average Bonchev–Trinajstić information content (AvgIpc) is 2.96. The minimum Gasteiger partial charge on any atom is -0.367 e. The van der Waals surface area contributed by atoms with Crippen molar-refractivity contribution in [3.05, 3.63) is 48.0 Å². The fourth-order valence-corrected chi connectivity index (χ4v) is 2.22. The monoisotopic (exact) mass is 283 g/mol. The summed E-state index contributed by atoms with van der Waals surface area (Å²) in [7, 11) is 4.13. The Kier molecular flexibility index (Phi) is 3.74. The molecule has 0 aliphatic carbocycles. The Bertz CT molecular complexity index is 707. The molecule has 0 amide bonds. The maximum atomic E-state index is 4.31. The molecule has 7 nitrogen and oxygen atoms in total. The second-order valence-electron chi connectivity index (χ2n) is 5.02. The molecule has 0 aliphatic rings. The largest absolute Gasteiger partial charge is 0.367 e. The molecule has 0 spiro atoms. The van der Waals surface area contributed by atoms with Crippen LogP contribution in [0.25, 0.3) is 5.65 Å². The molecule has 3 rings (SSSR count). The van der Waals surface area contributed by atoms with Crippen LogP contribution in [0.2, 0.25) is 0 Å². The van der Waals surface area contributed by atoms with Gasteiger partial charge in [0.1, 0.15) is 5.82 Å². The first-order valence-electron chi connectivity index (χ1n) is 6.75. The van der Waals surface area contributed by atoms with Gasteiger partial charge in [-0.25, -0.2) is 0 Å². The number of fused-ring (bicyclic) bond motifs is 1. The van der Waals surface area contributed by atoms with Gasteiger partial charge >= 0.3 is 0 Å². The molecular weight excluding hydrogens is 266 g/mol. The Labute approximate surface area is 122 Å². The number of hydrogen-bond donors (Lipinski definition) is 1. The van der Waals surface area contributed by atoms with Crippen LogP contribution in [0.4, 0.5) is 5.82 Å². The summed E-state index contributed by atoms with van der Waals surface area (Å²) in [6, 6.07) is 14.4. The second kappa shape index (κ2) is 5.84. The van der Waals surface area contributed by atoms with Crippen molar-refractivity contribution in [2.45, 2.75) is 6.04 Å². The molecule has 3 aromatic rings. The highest BCUT2D eigenvalue weighted by atomic mass is 15.6. The van der Waals surface area contributed by atoms with E-state index in [1.165, 1.54) is 10.2 Å². The van der Waals surface area contributed by atoms with E-state index in [2.05, 4.69) is 69.2 Å². The number of hydrogen-bond acceptors (Lipinski definition) is 6. The second-order valence-corrected chi connectivity index (χ2v) is 5.02. The van der Waals surface area contributed by atoms with E-state index < -0.39 is 0 Å². The summed E-state index contributed by atoms with van der Waals surface area (Å²) in [5.41, 5.74) is 1.89. The van der Waals surface area contributed by atoms with Gasteiger partial charge in [-0.1, -0.05) is 30.3 Å². The third kappa shape index (κ3) is 2.97. The predicted molar refractivity (Wildman–Crippen MR) is 79.9 cm³/mol. The van der Waals surface area contributed by atoms with E-state index in [0.29, 0.717) is 5.65 Å². The standard InChI is InChI=1S/C14H17N7/c1-20(2)12(11-6-4-3-5-7-11)10-15-13-8-9-14-16-18-19-21(14)17-13/h3-9,12H,10H2,1-2H3,(H,15,17)/t12-/m1/s1. The van der Waals surface area contributed by atoms with Crippen LogP contribution in [0.3, 0.4) is 0 Å². The number of anilines is 1. The van der Waals surface area contributed by atoms with Crippen molar-refractivity contribution in [1.82, 2.24) is 30.2 Å². The van der Waals surface area contributed by atoms with Gasteiger partial charge in [-0.2, -0.15) is 0 Å². The predicted octanol–water partition coefficient (Wildman–Crippen LogP) is 1.23. The molecule has 0 saturated heterocycles. The van der Waals surface area contributed by atoms with Crippen LogP contribution in [0.15, 0.2) is 42.5 Å². The molecule has 0 bridgehead atoms. The van der Waals surface area contributed by atoms with E-state index in [0.717, 1.165) is 12.4 Å². The molecule has 2 heterocycles. The average molecular weight is 283 g/mol. The highest BCUT2D eigenvalue weighted by Crippen LogP contribution is 2.18. The molecule has 7 heteroatoms. The van der Waals surface area contributed by atoms with E-state index in [-0.39, 0.29) is 6.04 Å². The minimum absolute atomic E-state index is 0.262.